The van der Waals surface area contributed by atoms with Gasteiger partial charge in [-0.2, -0.15) is 0 Å². The lowest BCUT2D eigenvalue weighted by Gasteiger charge is -2.21. The second-order valence-corrected chi connectivity index (χ2v) is 8.69. The molecule has 1 fully saturated rings. The Hall–Kier alpha value is -3.12. The van der Waals surface area contributed by atoms with Gasteiger partial charge in [0.1, 0.15) is 17.6 Å². The molecule has 6 heteroatoms. The van der Waals surface area contributed by atoms with Crippen LogP contribution in [0.25, 0.3) is 17.4 Å². The zero-order valence-electron chi connectivity index (χ0n) is 17.6. The fraction of sp³-hybridized carbons (Fsp3) is 0.231. The highest BCUT2D eigenvalue weighted by atomic mass is 79.9. The lowest BCUT2D eigenvalue weighted by atomic mass is 9.98. The molecule has 0 aliphatic heterocycles. The molecule has 0 spiro atoms. The van der Waals surface area contributed by atoms with Crippen LogP contribution in [-0.2, 0) is 9.53 Å². The summed E-state index contributed by atoms with van der Waals surface area (Å²) in [7, 11) is 0. The van der Waals surface area contributed by atoms with Gasteiger partial charge in [-0.3, -0.25) is 4.79 Å². The van der Waals surface area contributed by atoms with Crippen molar-refractivity contribution in [2.45, 2.75) is 38.2 Å². The number of carbonyl (C=O) groups excluding carboxylic acids is 2. The van der Waals surface area contributed by atoms with Gasteiger partial charge in [0.25, 0.3) is 0 Å². The van der Waals surface area contributed by atoms with E-state index in [-0.39, 0.29) is 18.0 Å². The maximum atomic E-state index is 12.3. The van der Waals surface area contributed by atoms with Crippen LogP contribution >= 0.6 is 15.9 Å². The van der Waals surface area contributed by atoms with Crippen molar-refractivity contribution in [3.8, 4) is 11.3 Å². The van der Waals surface area contributed by atoms with Crippen LogP contribution in [-0.4, -0.2) is 18.0 Å². The number of anilines is 1. The first kappa shape index (κ1) is 22.1. The van der Waals surface area contributed by atoms with Crippen molar-refractivity contribution < 1.29 is 18.7 Å². The molecule has 0 atom stereocenters. The SMILES string of the molecule is O=C(/C=C/c1ccc(-c2ccc(Br)cc2)o1)Nc1ccc(C(=O)OC2CCCCC2)cc1. The standard InChI is InChI=1S/C26H24BrNO4/c27-20-10-6-18(7-11-20)24-16-14-23(31-24)15-17-25(29)28-21-12-8-19(9-13-21)26(30)32-22-4-2-1-3-5-22/h6-17,22H,1-5H2,(H,28,29)/b17-15+. The second kappa shape index (κ2) is 10.5. The van der Waals surface area contributed by atoms with E-state index >= 15 is 0 Å². The predicted molar refractivity (Wildman–Crippen MR) is 128 cm³/mol. The van der Waals surface area contributed by atoms with Crippen LogP contribution < -0.4 is 5.32 Å². The van der Waals surface area contributed by atoms with Crippen LogP contribution in [0.1, 0.15) is 48.2 Å². The normalized spacial score (nSPS) is 14.4. The molecule has 1 N–H and O–H groups in total. The van der Waals surface area contributed by atoms with Crippen molar-refractivity contribution in [3.05, 3.63) is 82.5 Å². The quantitative estimate of drug-likeness (QED) is 0.301. The first-order valence-corrected chi connectivity index (χ1v) is 11.5. The molecule has 0 unspecified atom stereocenters. The summed E-state index contributed by atoms with van der Waals surface area (Å²) < 4.78 is 12.4. The summed E-state index contributed by atoms with van der Waals surface area (Å²) in [6, 6.07) is 18.2. The smallest absolute Gasteiger partial charge is 0.338 e. The average Bonchev–Trinajstić information content (AvgIpc) is 3.28. The number of halogens is 1. The van der Waals surface area contributed by atoms with Crippen LogP contribution in [0.15, 0.2) is 75.6 Å². The zero-order chi connectivity index (χ0) is 22.3. The fourth-order valence-electron chi connectivity index (χ4n) is 3.65. The van der Waals surface area contributed by atoms with Crippen LogP contribution in [0.3, 0.4) is 0 Å². The van der Waals surface area contributed by atoms with E-state index in [9.17, 15) is 9.59 Å². The number of hydrogen-bond acceptors (Lipinski definition) is 4. The van der Waals surface area contributed by atoms with Crippen molar-refractivity contribution in [2.75, 3.05) is 5.32 Å². The number of esters is 1. The molecule has 2 aromatic carbocycles. The minimum Gasteiger partial charge on any atom is -0.459 e. The summed E-state index contributed by atoms with van der Waals surface area (Å²) >= 11 is 3.41. The molecule has 0 saturated heterocycles. The van der Waals surface area contributed by atoms with Gasteiger partial charge in [0, 0.05) is 21.8 Å². The number of ether oxygens (including phenoxy) is 1. The Balaban J connectivity index is 1.30. The second-order valence-electron chi connectivity index (χ2n) is 7.77. The van der Waals surface area contributed by atoms with E-state index in [1.54, 1.807) is 30.3 Å². The van der Waals surface area contributed by atoms with Gasteiger partial charge in [-0.25, -0.2) is 4.79 Å². The maximum Gasteiger partial charge on any atom is 0.338 e. The molecular weight excluding hydrogens is 470 g/mol. The predicted octanol–water partition coefficient (Wildman–Crippen LogP) is 6.85. The first-order chi connectivity index (χ1) is 15.6. The molecule has 32 heavy (non-hydrogen) atoms. The van der Waals surface area contributed by atoms with E-state index in [0.717, 1.165) is 41.5 Å². The molecule has 1 saturated carbocycles. The molecule has 4 rings (SSSR count). The van der Waals surface area contributed by atoms with Gasteiger partial charge in [0.2, 0.25) is 5.91 Å². The third kappa shape index (κ3) is 5.98. The number of benzene rings is 2. The minimum atomic E-state index is -0.311. The van der Waals surface area contributed by atoms with Gasteiger partial charge in [0.15, 0.2) is 0 Å². The fourth-order valence-corrected chi connectivity index (χ4v) is 3.91. The Morgan fingerprint density at radius 3 is 2.38 bits per heavy atom. The average molecular weight is 494 g/mol. The largest absolute Gasteiger partial charge is 0.459 e. The maximum absolute atomic E-state index is 12.3. The highest BCUT2D eigenvalue weighted by Gasteiger charge is 2.18. The van der Waals surface area contributed by atoms with Gasteiger partial charge < -0.3 is 14.5 Å². The number of amides is 1. The van der Waals surface area contributed by atoms with Gasteiger partial charge in [-0.1, -0.05) is 34.5 Å². The number of carbonyl (C=O) groups is 2. The van der Waals surface area contributed by atoms with Crippen molar-refractivity contribution in [3.63, 3.8) is 0 Å². The van der Waals surface area contributed by atoms with E-state index in [1.165, 1.54) is 12.5 Å². The third-order valence-electron chi connectivity index (χ3n) is 5.37. The van der Waals surface area contributed by atoms with E-state index in [0.29, 0.717) is 17.0 Å². The Kier molecular flexibility index (Phi) is 7.22. The molecule has 1 aliphatic carbocycles. The number of rotatable bonds is 6. The monoisotopic (exact) mass is 493 g/mol. The molecule has 1 heterocycles. The van der Waals surface area contributed by atoms with Gasteiger partial charge >= 0.3 is 5.97 Å². The van der Waals surface area contributed by atoms with Crippen molar-refractivity contribution in [1.82, 2.24) is 0 Å². The Bertz CT molecular complexity index is 1090. The molecule has 1 aromatic heterocycles. The number of furan rings is 1. The van der Waals surface area contributed by atoms with Crippen LogP contribution in [0, 0.1) is 0 Å². The summed E-state index contributed by atoms with van der Waals surface area (Å²) in [5.74, 6) is 0.713. The van der Waals surface area contributed by atoms with Crippen molar-refractivity contribution in [2.24, 2.45) is 0 Å². The summed E-state index contributed by atoms with van der Waals surface area (Å²) in [6.45, 7) is 0. The molecular formula is C26H24BrNO4. The van der Waals surface area contributed by atoms with Gasteiger partial charge in [-0.15, -0.1) is 0 Å². The van der Waals surface area contributed by atoms with E-state index in [4.69, 9.17) is 9.15 Å². The summed E-state index contributed by atoms with van der Waals surface area (Å²) in [4.78, 5) is 24.5. The van der Waals surface area contributed by atoms with Crippen LogP contribution in [0.2, 0.25) is 0 Å². The van der Waals surface area contributed by atoms with Crippen molar-refractivity contribution in [1.29, 1.82) is 0 Å². The molecule has 3 aromatic rings. The number of nitrogens with one attached hydrogen (secondary N) is 1. The molecule has 0 bridgehead atoms. The molecule has 0 radical (unpaired) electrons. The molecule has 164 valence electrons. The van der Waals surface area contributed by atoms with E-state index < -0.39 is 0 Å². The molecule has 1 aliphatic rings. The lowest BCUT2D eigenvalue weighted by molar-refractivity contribution is -0.111. The Labute approximate surface area is 195 Å². The topological polar surface area (TPSA) is 68.5 Å². The van der Waals surface area contributed by atoms with E-state index in [2.05, 4.69) is 21.2 Å². The van der Waals surface area contributed by atoms with Crippen LogP contribution in [0.4, 0.5) is 5.69 Å². The van der Waals surface area contributed by atoms with E-state index in [1.807, 2.05) is 36.4 Å². The minimum absolute atomic E-state index is 0.0200. The first-order valence-electron chi connectivity index (χ1n) is 10.7. The van der Waals surface area contributed by atoms with Crippen LogP contribution in [0.5, 0.6) is 0 Å². The Morgan fingerprint density at radius 1 is 0.938 bits per heavy atom. The van der Waals surface area contributed by atoms with Crippen molar-refractivity contribution >= 4 is 39.6 Å². The molecule has 5 nitrogen and oxygen atoms in total. The summed E-state index contributed by atoms with van der Waals surface area (Å²) in [5, 5.41) is 2.78. The van der Waals surface area contributed by atoms with Gasteiger partial charge in [-0.05, 0) is 80.3 Å². The zero-order valence-corrected chi connectivity index (χ0v) is 19.1. The third-order valence-corrected chi connectivity index (χ3v) is 5.90. The highest BCUT2D eigenvalue weighted by molar-refractivity contribution is 9.10. The summed E-state index contributed by atoms with van der Waals surface area (Å²) in [6.07, 6.45) is 8.36. The highest BCUT2D eigenvalue weighted by Crippen LogP contribution is 2.25. The number of hydrogen-bond donors (Lipinski definition) is 1. The Morgan fingerprint density at radius 2 is 1.66 bits per heavy atom. The summed E-state index contributed by atoms with van der Waals surface area (Å²) in [5.41, 5.74) is 2.04. The van der Waals surface area contributed by atoms with Gasteiger partial charge in [0.05, 0.1) is 5.56 Å². The molecule has 1 amide bonds. The lowest BCUT2D eigenvalue weighted by Crippen LogP contribution is -2.20.